The number of carboxylic acids is 1. The van der Waals surface area contributed by atoms with E-state index in [2.05, 4.69) is 30.3 Å². The van der Waals surface area contributed by atoms with E-state index in [0.717, 1.165) is 46.3 Å². The molecule has 184 valence electrons. The number of ether oxygens (including phenoxy) is 1. The van der Waals surface area contributed by atoms with Crippen LogP contribution in [0.15, 0.2) is 54.6 Å². The first-order valence-electron chi connectivity index (χ1n) is 12.8. The summed E-state index contributed by atoms with van der Waals surface area (Å²) in [7, 11) is 0. The molecule has 4 nitrogen and oxygen atoms in total. The molecule has 0 amide bonds. The monoisotopic (exact) mass is 491 g/mol. The molecule has 0 radical (unpaired) electrons. The number of fused-ring (bicyclic) bond motifs is 1. The van der Waals surface area contributed by atoms with Gasteiger partial charge in [-0.25, -0.2) is 4.79 Å². The molecule has 0 spiro atoms. The Balaban J connectivity index is 0.00000253. The van der Waals surface area contributed by atoms with Crippen LogP contribution in [0.4, 0.5) is 0 Å². The lowest BCUT2D eigenvalue weighted by molar-refractivity contribution is -0.00636. The highest BCUT2D eigenvalue weighted by Crippen LogP contribution is 2.62. The molecule has 0 saturated heterocycles. The Labute approximate surface area is 213 Å². The number of nitrogens with two attached hydrogens (primary N) is 1. The average Bonchev–Trinajstić information content (AvgIpc) is 2.83. The van der Waals surface area contributed by atoms with Crippen LogP contribution in [0.2, 0.25) is 0 Å². The normalized spacial score (nSPS) is 26.5. The summed E-state index contributed by atoms with van der Waals surface area (Å²) in [6.45, 7) is 1.31. The van der Waals surface area contributed by atoms with Crippen LogP contribution in [0.3, 0.4) is 0 Å². The van der Waals surface area contributed by atoms with Gasteiger partial charge in [-0.3, -0.25) is 0 Å². The largest absolute Gasteiger partial charge is 0.493 e. The third-order valence-electron chi connectivity index (χ3n) is 8.62. The Bertz CT molecular complexity index is 1220. The van der Waals surface area contributed by atoms with Gasteiger partial charge < -0.3 is 15.6 Å². The predicted molar refractivity (Wildman–Crippen MR) is 143 cm³/mol. The molecule has 3 aromatic rings. The molecule has 0 unspecified atom stereocenters. The summed E-state index contributed by atoms with van der Waals surface area (Å²) in [4.78, 5) is 11.3. The van der Waals surface area contributed by atoms with Crippen molar-refractivity contribution in [2.45, 2.75) is 50.4 Å². The van der Waals surface area contributed by atoms with Crippen molar-refractivity contribution in [3.63, 3.8) is 0 Å². The Kier molecular flexibility index (Phi) is 6.54. The van der Waals surface area contributed by atoms with Crippen LogP contribution in [0.25, 0.3) is 21.9 Å². The van der Waals surface area contributed by atoms with E-state index >= 15 is 0 Å². The van der Waals surface area contributed by atoms with Gasteiger partial charge in [0.05, 0.1) is 12.2 Å². The predicted octanol–water partition coefficient (Wildman–Crippen LogP) is 6.82. The van der Waals surface area contributed by atoms with Gasteiger partial charge in [0, 0.05) is 5.56 Å². The summed E-state index contributed by atoms with van der Waals surface area (Å²) in [6.07, 6.45) is 9.02. The number of aromatic carboxylic acids is 1. The number of carboxylic acid groups (broad SMARTS) is 1. The number of carbonyl (C=O) groups is 1. The number of hydrogen-bond donors (Lipinski definition) is 2. The minimum absolute atomic E-state index is 0. The van der Waals surface area contributed by atoms with Crippen LogP contribution >= 0.6 is 12.4 Å². The molecule has 0 atom stereocenters. The molecule has 0 aromatic heterocycles. The summed E-state index contributed by atoms with van der Waals surface area (Å²) >= 11 is 0. The average molecular weight is 492 g/mol. The van der Waals surface area contributed by atoms with E-state index in [0.29, 0.717) is 18.7 Å². The summed E-state index contributed by atoms with van der Waals surface area (Å²) in [5.41, 5.74) is 10.1. The minimum Gasteiger partial charge on any atom is -0.493 e. The van der Waals surface area contributed by atoms with E-state index in [-0.39, 0.29) is 17.8 Å². The van der Waals surface area contributed by atoms with E-state index in [9.17, 15) is 9.90 Å². The summed E-state index contributed by atoms with van der Waals surface area (Å²) < 4.78 is 6.33. The third-order valence-corrected chi connectivity index (χ3v) is 8.62. The van der Waals surface area contributed by atoms with Crippen molar-refractivity contribution in [2.75, 3.05) is 13.2 Å². The second-order valence-corrected chi connectivity index (χ2v) is 11.0. The van der Waals surface area contributed by atoms with Crippen LogP contribution in [0, 0.1) is 17.8 Å². The Morgan fingerprint density at radius 2 is 1.49 bits per heavy atom. The molecule has 4 aliphatic rings. The molecule has 7 rings (SSSR count). The smallest absolute Gasteiger partial charge is 0.335 e. The molecule has 4 aliphatic carbocycles. The highest BCUT2D eigenvalue weighted by molar-refractivity contribution is 5.95. The van der Waals surface area contributed by atoms with Crippen LogP contribution in [-0.4, -0.2) is 24.2 Å². The van der Waals surface area contributed by atoms with Crippen molar-refractivity contribution in [3.05, 3.63) is 65.7 Å². The zero-order valence-electron chi connectivity index (χ0n) is 20.0. The van der Waals surface area contributed by atoms with Gasteiger partial charge >= 0.3 is 5.97 Å². The van der Waals surface area contributed by atoms with Crippen LogP contribution < -0.4 is 10.5 Å². The number of rotatable bonds is 7. The van der Waals surface area contributed by atoms with Crippen molar-refractivity contribution in [2.24, 2.45) is 23.5 Å². The quantitative estimate of drug-likeness (QED) is 0.355. The van der Waals surface area contributed by atoms with Gasteiger partial charge in [-0.15, -0.1) is 12.4 Å². The first-order chi connectivity index (χ1) is 16.5. The zero-order chi connectivity index (χ0) is 23.3. The van der Waals surface area contributed by atoms with Crippen LogP contribution in [-0.2, 0) is 5.41 Å². The SMILES string of the molecule is Cl.NCCCOc1ccc(-c2ccc3cc(C(=O)O)ccc3c2)cc1C12CC3CC(CC(C3)C1)C2. The van der Waals surface area contributed by atoms with Crippen LogP contribution in [0.5, 0.6) is 5.75 Å². The van der Waals surface area contributed by atoms with Gasteiger partial charge in [0.25, 0.3) is 0 Å². The lowest BCUT2D eigenvalue weighted by Gasteiger charge is -2.57. The van der Waals surface area contributed by atoms with Gasteiger partial charge in [0.15, 0.2) is 0 Å². The second-order valence-electron chi connectivity index (χ2n) is 11.0. The van der Waals surface area contributed by atoms with E-state index in [1.807, 2.05) is 12.1 Å². The lowest BCUT2D eigenvalue weighted by Crippen LogP contribution is -2.48. The Morgan fingerprint density at radius 1 is 0.886 bits per heavy atom. The highest BCUT2D eigenvalue weighted by atomic mass is 35.5. The standard InChI is InChI=1S/C30H33NO3.ClH/c31-8-1-9-34-28-7-6-25(23-2-3-24-14-26(29(32)33)5-4-22(24)13-23)15-27(28)30-16-19-10-20(17-30)12-21(11-19)18-30;/h2-7,13-15,19-21H,1,8-12,16-18,31H2,(H,32,33);1H. The molecule has 4 fully saturated rings. The maximum atomic E-state index is 11.3. The highest BCUT2D eigenvalue weighted by Gasteiger charge is 2.52. The third kappa shape index (κ3) is 4.43. The molecule has 3 aromatic carbocycles. The fraction of sp³-hybridized carbons (Fsp3) is 0.433. The molecule has 4 bridgehead atoms. The van der Waals surface area contributed by atoms with Crippen molar-refractivity contribution < 1.29 is 14.6 Å². The second kappa shape index (κ2) is 9.48. The Hall–Kier alpha value is -2.56. The molecule has 0 heterocycles. The number of benzene rings is 3. The van der Waals surface area contributed by atoms with Crippen molar-refractivity contribution in [3.8, 4) is 16.9 Å². The van der Waals surface area contributed by atoms with Crippen LogP contribution in [0.1, 0.15) is 60.9 Å². The maximum Gasteiger partial charge on any atom is 0.335 e. The first-order valence-corrected chi connectivity index (χ1v) is 12.8. The molecule has 5 heteroatoms. The number of halogens is 1. The fourth-order valence-electron chi connectivity index (χ4n) is 7.51. The number of hydrogen-bond acceptors (Lipinski definition) is 3. The minimum atomic E-state index is -0.892. The maximum absolute atomic E-state index is 11.3. The fourth-order valence-corrected chi connectivity index (χ4v) is 7.51. The summed E-state index contributed by atoms with van der Waals surface area (Å²) in [6, 6.07) is 18.4. The van der Waals surface area contributed by atoms with Crippen molar-refractivity contribution >= 4 is 29.1 Å². The van der Waals surface area contributed by atoms with E-state index < -0.39 is 5.97 Å². The van der Waals surface area contributed by atoms with Crippen molar-refractivity contribution in [1.82, 2.24) is 0 Å². The molecule has 0 aliphatic heterocycles. The Morgan fingerprint density at radius 3 is 2.14 bits per heavy atom. The summed E-state index contributed by atoms with van der Waals surface area (Å²) in [5.74, 6) is 2.77. The molecule has 3 N–H and O–H groups in total. The van der Waals surface area contributed by atoms with Gasteiger partial charge in [0.1, 0.15) is 5.75 Å². The van der Waals surface area contributed by atoms with E-state index in [1.165, 1.54) is 49.7 Å². The van der Waals surface area contributed by atoms with Crippen molar-refractivity contribution in [1.29, 1.82) is 0 Å². The van der Waals surface area contributed by atoms with Gasteiger partial charge in [0.2, 0.25) is 0 Å². The zero-order valence-corrected chi connectivity index (χ0v) is 20.9. The molecule has 35 heavy (non-hydrogen) atoms. The molecule has 4 saturated carbocycles. The van der Waals surface area contributed by atoms with E-state index in [4.69, 9.17) is 10.5 Å². The molecular formula is C30H34ClNO3. The van der Waals surface area contributed by atoms with Gasteiger partial charge in [-0.2, -0.15) is 0 Å². The first kappa shape index (κ1) is 24.1. The molecular weight excluding hydrogens is 458 g/mol. The topological polar surface area (TPSA) is 72.5 Å². The van der Waals surface area contributed by atoms with Gasteiger partial charge in [-0.1, -0.05) is 24.3 Å². The summed E-state index contributed by atoms with van der Waals surface area (Å²) in [5, 5.41) is 11.3. The van der Waals surface area contributed by atoms with E-state index in [1.54, 1.807) is 12.1 Å². The van der Waals surface area contributed by atoms with Gasteiger partial charge in [-0.05, 0) is 127 Å². The lowest BCUT2D eigenvalue weighted by atomic mass is 9.48.